The van der Waals surface area contributed by atoms with Crippen molar-refractivity contribution in [1.82, 2.24) is 0 Å². The van der Waals surface area contributed by atoms with Crippen LogP contribution in [-0.2, 0) is 6.42 Å². The van der Waals surface area contributed by atoms with Crippen molar-refractivity contribution >= 4 is 0 Å². The van der Waals surface area contributed by atoms with Crippen LogP contribution in [0.15, 0.2) is 24.8 Å². The van der Waals surface area contributed by atoms with Crippen LogP contribution in [0.1, 0.15) is 30.9 Å². The molecule has 0 unspecified atom stereocenters. The van der Waals surface area contributed by atoms with Crippen molar-refractivity contribution in [2.45, 2.75) is 26.2 Å². The fraction of sp³-hybridized carbons (Fsp3) is 0.385. The van der Waals surface area contributed by atoms with Crippen molar-refractivity contribution in [2.75, 3.05) is 7.11 Å². The average molecular weight is 206 g/mol. The lowest BCUT2D eigenvalue weighted by atomic mass is 9.97. The van der Waals surface area contributed by atoms with Crippen molar-refractivity contribution in [2.24, 2.45) is 0 Å². The molecule has 0 fully saturated rings. The number of hydrogen-bond acceptors (Lipinski definition) is 2. The first kappa shape index (κ1) is 11.6. The maximum absolute atomic E-state index is 10.0. The molecule has 0 spiro atoms. The number of benzene rings is 1. The van der Waals surface area contributed by atoms with Gasteiger partial charge < -0.3 is 9.84 Å². The molecule has 2 heteroatoms. The van der Waals surface area contributed by atoms with Gasteiger partial charge in [0.1, 0.15) is 11.5 Å². The second-order valence-electron chi connectivity index (χ2n) is 3.87. The van der Waals surface area contributed by atoms with Crippen molar-refractivity contribution in [3.63, 3.8) is 0 Å². The molecule has 0 aromatic heterocycles. The molecule has 0 aliphatic carbocycles. The topological polar surface area (TPSA) is 29.5 Å². The quantitative estimate of drug-likeness (QED) is 0.766. The first-order chi connectivity index (χ1) is 7.10. The van der Waals surface area contributed by atoms with E-state index in [1.807, 2.05) is 26.0 Å². The van der Waals surface area contributed by atoms with E-state index in [1.165, 1.54) is 0 Å². The molecule has 1 aromatic rings. The summed E-state index contributed by atoms with van der Waals surface area (Å²) in [5.74, 6) is 1.43. The zero-order valence-corrected chi connectivity index (χ0v) is 9.58. The Hall–Kier alpha value is -1.44. The fourth-order valence-electron chi connectivity index (χ4n) is 1.56. The van der Waals surface area contributed by atoms with Crippen LogP contribution in [0.4, 0.5) is 0 Å². The van der Waals surface area contributed by atoms with Gasteiger partial charge in [0.25, 0.3) is 0 Å². The molecule has 82 valence electrons. The molecule has 0 aliphatic rings. The number of allylic oxidation sites excluding steroid dienone is 1. The van der Waals surface area contributed by atoms with Crippen LogP contribution >= 0.6 is 0 Å². The highest BCUT2D eigenvalue weighted by Crippen LogP contribution is 2.33. The van der Waals surface area contributed by atoms with E-state index in [0.717, 1.165) is 16.9 Å². The molecule has 0 heterocycles. The molecule has 0 atom stereocenters. The van der Waals surface area contributed by atoms with Gasteiger partial charge in [-0.25, -0.2) is 0 Å². The Balaban J connectivity index is 3.26. The Morgan fingerprint density at radius 3 is 2.60 bits per heavy atom. The van der Waals surface area contributed by atoms with Crippen LogP contribution in [0.3, 0.4) is 0 Å². The largest absolute Gasteiger partial charge is 0.507 e. The number of hydrogen-bond donors (Lipinski definition) is 1. The van der Waals surface area contributed by atoms with Gasteiger partial charge in [-0.3, -0.25) is 0 Å². The average Bonchev–Trinajstić information content (AvgIpc) is 2.21. The third-order valence-electron chi connectivity index (χ3n) is 2.41. The minimum atomic E-state index is 0.281. The summed E-state index contributed by atoms with van der Waals surface area (Å²) in [6.07, 6.45) is 2.43. The molecule has 15 heavy (non-hydrogen) atoms. The van der Waals surface area contributed by atoms with Gasteiger partial charge in [0.15, 0.2) is 0 Å². The van der Waals surface area contributed by atoms with E-state index in [2.05, 4.69) is 6.58 Å². The number of phenolic OH excluding ortho intramolecular Hbond substituents is 1. The second-order valence-corrected chi connectivity index (χ2v) is 3.87. The maximum atomic E-state index is 10.0. The maximum Gasteiger partial charge on any atom is 0.122 e. The molecule has 1 rings (SSSR count). The first-order valence-electron chi connectivity index (χ1n) is 5.10. The number of ether oxygens (including phenoxy) is 1. The summed E-state index contributed by atoms with van der Waals surface area (Å²) in [6, 6.07) is 3.73. The molecule has 1 aromatic carbocycles. The van der Waals surface area contributed by atoms with Gasteiger partial charge in [-0.15, -0.1) is 6.58 Å². The molecule has 0 radical (unpaired) electrons. The minimum absolute atomic E-state index is 0.281. The second kappa shape index (κ2) is 4.87. The van der Waals surface area contributed by atoms with Crippen molar-refractivity contribution in [3.8, 4) is 11.5 Å². The molecule has 0 amide bonds. The SMILES string of the molecule is C=CCc1cc(OC)cc(C(C)C)c1O. The van der Waals surface area contributed by atoms with Gasteiger partial charge in [0, 0.05) is 11.1 Å². The monoisotopic (exact) mass is 206 g/mol. The number of methoxy groups -OCH3 is 1. The molecule has 0 saturated heterocycles. The van der Waals surface area contributed by atoms with Gasteiger partial charge in [-0.05, 0) is 24.5 Å². The van der Waals surface area contributed by atoms with Gasteiger partial charge in [-0.2, -0.15) is 0 Å². The van der Waals surface area contributed by atoms with Crippen LogP contribution in [0.2, 0.25) is 0 Å². The van der Waals surface area contributed by atoms with Crippen LogP contribution in [0.5, 0.6) is 11.5 Å². The highest BCUT2D eigenvalue weighted by Gasteiger charge is 2.12. The van der Waals surface area contributed by atoms with Gasteiger partial charge in [0.2, 0.25) is 0 Å². The van der Waals surface area contributed by atoms with E-state index in [4.69, 9.17) is 4.74 Å². The molecular weight excluding hydrogens is 188 g/mol. The zero-order chi connectivity index (χ0) is 11.4. The van der Waals surface area contributed by atoms with Crippen LogP contribution in [0, 0.1) is 0 Å². The van der Waals surface area contributed by atoms with Crippen molar-refractivity contribution < 1.29 is 9.84 Å². The standard InChI is InChI=1S/C13H18O2/c1-5-6-10-7-11(15-4)8-12(9(2)3)13(10)14/h5,7-9,14H,1,6H2,2-4H3. The molecule has 0 aliphatic heterocycles. The number of aromatic hydroxyl groups is 1. The van der Waals surface area contributed by atoms with Crippen LogP contribution in [-0.4, -0.2) is 12.2 Å². The predicted molar refractivity (Wildman–Crippen MR) is 62.6 cm³/mol. The van der Waals surface area contributed by atoms with Crippen molar-refractivity contribution in [3.05, 3.63) is 35.9 Å². The Morgan fingerprint density at radius 1 is 1.47 bits per heavy atom. The van der Waals surface area contributed by atoms with E-state index in [9.17, 15) is 5.11 Å². The Labute approximate surface area is 91.2 Å². The molecule has 1 N–H and O–H groups in total. The Morgan fingerprint density at radius 2 is 2.13 bits per heavy atom. The summed E-state index contributed by atoms with van der Waals surface area (Å²) in [5.41, 5.74) is 1.79. The van der Waals surface area contributed by atoms with Crippen molar-refractivity contribution in [1.29, 1.82) is 0 Å². The highest BCUT2D eigenvalue weighted by molar-refractivity contribution is 5.48. The minimum Gasteiger partial charge on any atom is -0.507 e. The smallest absolute Gasteiger partial charge is 0.122 e. The summed E-state index contributed by atoms with van der Waals surface area (Å²) in [4.78, 5) is 0. The molecular formula is C13H18O2. The van der Waals surface area contributed by atoms with E-state index in [-0.39, 0.29) is 5.92 Å². The first-order valence-corrected chi connectivity index (χ1v) is 5.10. The van der Waals surface area contributed by atoms with Gasteiger partial charge in [-0.1, -0.05) is 19.9 Å². The van der Waals surface area contributed by atoms with Crippen LogP contribution < -0.4 is 4.74 Å². The summed E-state index contributed by atoms with van der Waals surface area (Å²) < 4.78 is 5.20. The van der Waals surface area contributed by atoms with Gasteiger partial charge in [0.05, 0.1) is 7.11 Å². The lowest BCUT2D eigenvalue weighted by Gasteiger charge is -2.14. The zero-order valence-electron chi connectivity index (χ0n) is 9.58. The Bertz CT molecular complexity index is 354. The lowest BCUT2D eigenvalue weighted by molar-refractivity contribution is 0.408. The van der Waals surface area contributed by atoms with E-state index < -0.39 is 0 Å². The number of rotatable bonds is 4. The summed E-state index contributed by atoms with van der Waals surface area (Å²) in [6.45, 7) is 7.77. The molecule has 2 nitrogen and oxygen atoms in total. The third kappa shape index (κ3) is 2.52. The highest BCUT2D eigenvalue weighted by atomic mass is 16.5. The van der Waals surface area contributed by atoms with E-state index in [1.54, 1.807) is 13.2 Å². The van der Waals surface area contributed by atoms with Crippen LogP contribution in [0.25, 0.3) is 0 Å². The van der Waals surface area contributed by atoms with E-state index >= 15 is 0 Å². The fourth-order valence-corrected chi connectivity index (χ4v) is 1.56. The molecule has 0 bridgehead atoms. The van der Waals surface area contributed by atoms with E-state index in [0.29, 0.717) is 12.2 Å². The summed E-state index contributed by atoms with van der Waals surface area (Å²) in [7, 11) is 1.63. The van der Waals surface area contributed by atoms with Gasteiger partial charge >= 0.3 is 0 Å². The molecule has 0 saturated carbocycles. The summed E-state index contributed by atoms with van der Waals surface area (Å²) >= 11 is 0. The predicted octanol–water partition coefficient (Wildman–Crippen LogP) is 3.25. The lowest BCUT2D eigenvalue weighted by Crippen LogP contribution is -1.95. The third-order valence-corrected chi connectivity index (χ3v) is 2.41. The Kier molecular flexibility index (Phi) is 3.78. The summed E-state index contributed by atoms with van der Waals surface area (Å²) in [5, 5.41) is 10.0. The number of phenols is 1. The normalized spacial score (nSPS) is 10.4.